The van der Waals surface area contributed by atoms with Gasteiger partial charge in [-0.15, -0.1) is 0 Å². The van der Waals surface area contributed by atoms with Crippen LogP contribution in [0.5, 0.6) is 0 Å². The molecular weight excluding hydrogens is 1010 g/mol. The number of cyclic esters (lactones) is 1. The highest BCUT2D eigenvalue weighted by Crippen LogP contribution is 2.46. The van der Waals surface area contributed by atoms with E-state index in [9.17, 15) is 53.1 Å². The summed E-state index contributed by atoms with van der Waals surface area (Å²) in [4.78, 5) is 135. The van der Waals surface area contributed by atoms with Gasteiger partial charge in [0.1, 0.15) is 31.3 Å². The number of amides is 8. The normalized spacial score (nSPS) is 18.7. The highest BCUT2D eigenvalue weighted by atomic mass is 19.1. The quantitative estimate of drug-likeness (QED) is 0.0210. The number of aryl methyl sites for hydroxylation is 1. The number of halogens is 1. The van der Waals surface area contributed by atoms with Crippen LogP contribution in [-0.4, -0.2) is 118 Å². The summed E-state index contributed by atoms with van der Waals surface area (Å²) in [6.45, 7) is 1.53. The molecule has 1 saturated heterocycles. The van der Waals surface area contributed by atoms with E-state index < -0.39 is 90.3 Å². The third kappa shape index (κ3) is 11.7. The maximum absolute atomic E-state index is 15.5. The van der Waals surface area contributed by atoms with E-state index in [4.69, 9.17) is 14.5 Å². The number of imide groups is 1. The highest BCUT2D eigenvalue weighted by Gasteiger charge is 2.46. The number of carbonyl (C=O) groups excluding carboxylic acids is 9. The highest BCUT2D eigenvalue weighted by molar-refractivity contribution is 6.02. The van der Waals surface area contributed by atoms with Gasteiger partial charge in [-0.2, -0.15) is 0 Å². The molecule has 2 aromatic heterocycles. The van der Waals surface area contributed by atoms with Crippen LogP contribution in [0.2, 0.25) is 0 Å². The molecule has 2 fully saturated rings. The molecule has 3 aliphatic heterocycles. The third-order valence-corrected chi connectivity index (χ3v) is 15.2. The maximum atomic E-state index is 15.5. The van der Waals surface area contributed by atoms with Crippen molar-refractivity contribution in [1.82, 2.24) is 46.4 Å². The number of nitrogens with zero attached hydrogens (tertiary/aromatic N) is 3. The number of likely N-dealkylation sites (tertiary alicyclic amines) is 1. The van der Waals surface area contributed by atoms with E-state index in [2.05, 4.69) is 31.9 Å². The van der Waals surface area contributed by atoms with Crippen LogP contribution in [0.3, 0.4) is 0 Å². The molecule has 1 unspecified atom stereocenters. The first-order valence-electron chi connectivity index (χ1n) is 26.4. The van der Waals surface area contributed by atoms with Gasteiger partial charge in [-0.1, -0.05) is 43.7 Å². The van der Waals surface area contributed by atoms with Gasteiger partial charge in [0.2, 0.25) is 47.3 Å². The molecule has 9 rings (SSSR count). The van der Waals surface area contributed by atoms with Crippen molar-refractivity contribution >= 4 is 64.1 Å². The van der Waals surface area contributed by atoms with Crippen LogP contribution in [-0.2, 0) is 84.2 Å². The van der Waals surface area contributed by atoms with Crippen molar-refractivity contribution in [2.45, 2.75) is 128 Å². The Labute approximate surface area is 446 Å². The van der Waals surface area contributed by atoms with Gasteiger partial charge < -0.3 is 51.0 Å². The zero-order valence-corrected chi connectivity index (χ0v) is 43.4. The number of nitrogens with one attached hydrogen (secondary N) is 6. The number of benzene rings is 2. The number of aromatic nitrogens is 2. The van der Waals surface area contributed by atoms with Crippen molar-refractivity contribution in [2.24, 2.45) is 5.92 Å². The Bertz CT molecular complexity index is 3160. The molecule has 8 amide bonds. The Balaban J connectivity index is 0.777. The van der Waals surface area contributed by atoms with E-state index in [1.165, 1.54) is 15.5 Å². The van der Waals surface area contributed by atoms with Gasteiger partial charge in [0.25, 0.3) is 5.56 Å². The van der Waals surface area contributed by atoms with Crippen molar-refractivity contribution in [2.75, 3.05) is 32.9 Å². The summed E-state index contributed by atoms with van der Waals surface area (Å²) in [7, 11) is 0. The molecular formula is C55H62FN9O13. The molecule has 2 aromatic carbocycles. The van der Waals surface area contributed by atoms with Gasteiger partial charge in [-0.3, -0.25) is 48.1 Å². The molecule has 78 heavy (non-hydrogen) atoms. The lowest BCUT2D eigenvalue weighted by atomic mass is 9.81. The molecule has 23 heteroatoms. The second-order valence-corrected chi connectivity index (χ2v) is 20.4. The summed E-state index contributed by atoms with van der Waals surface area (Å²) in [5.41, 5.74) is 1.97. The second kappa shape index (κ2) is 23.4. The van der Waals surface area contributed by atoms with Crippen LogP contribution < -0.4 is 37.5 Å². The summed E-state index contributed by atoms with van der Waals surface area (Å²) < 4.78 is 28.3. The van der Waals surface area contributed by atoms with E-state index in [0.29, 0.717) is 96.0 Å². The summed E-state index contributed by atoms with van der Waals surface area (Å²) in [5.74, 6) is -5.40. The lowest BCUT2D eigenvalue weighted by Crippen LogP contribution is -2.52. The van der Waals surface area contributed by atoms with E-state index in [1.54, 1.807) is 50.2 Å². The number of hydrogen-bond acceptors (Lipinski definition) is 14. The van der Waals surface area contributed by atoms with E-state index in [-0.39, 0.29) is 86.8 Å². The fraction of sp³-hybridized carbons (Fsp3) is 0.473. The Hall–Kier alpha value is -7.92. The predicted molar refractivity (Wildman–Crippen MR) is 275 cm³/mol. The van der Waals surface area contributed by atoms with Crippen LogP contribution in [0.25, 0.3) is 22.3 Å². The molecule has 22 nitrogen and oxygen atoms in total. The average Bonchev–Trinajstić information content (AvgIpc) is 4.32. The molecule has 0 bridgehead atoms. The largest absolute Gasteiger partial charge is 0.458 e. The number of ether oxygens (including phenoxy) is 2. The molecule has 4 atom stereocenters. The van der Waals surface area contributed by atoms with Crippen LogP contribution in [0.4, 0.5) is 4.39 Å². The molecule has 0 spiro atoms. The van der Waals surface area contributed by atoms with Gasteiger partial charge in [0, 0.05) is 54.8 Å². The Morgan fingerprint density at radius 3 is 2.27 bits per heavy atom. The van der Waals surface area contributed by atoms with Crippen LogP contribution in [0, 0.1) is 18.7 Å². The van der Waals surface area contributed by atoms with Gasteiger partial charge in [0.15, 0.2) is 5.60 Å². The molecule has 5 heterocycles. The minimum Gasteiger partial charge on any atom is -0.458 e. The Morgan fingerprint density at radius 1 is 0.833 bits per heavy atom. The first-order valence-corrected chi connectivity index (χ1v) is 26.4. The first kappa shape index (κ1) is 54.9. The molecule has 412 valence electrons. The predicted octanol–water partition coefficient (Wildman–Crippen LogP) is 1.29. The van der Waals surface area contributed by atoms with Crippen molar-refractivity contribution in [3.05, 3.63) is 97.6 Å². The number of esters is 1. The Morgan fingerprint density at radius 2 is 1.54 bits per heavy atom. The summed E-state index contributed by atoms with van der Waals surface area (Å²) in [6.07, 6.45) is 3.39. The lowest BCUT2D eigenvalue weighted by molar-refractivity contribution is -0.172. The van der Waals surface area contributed by atoms with Crippen LogP contribution >= 0.6 is 0 Å². The van der Waals surface area contributed by atoms with Gasteiger partial charge >= 0.3 is 5.97 Å². The molecule has 4 aromatic rings. The number of carbonyl (C=O) groups is 9. The molecule has 1 saturated carbocycles. The molecule has 2 aliphatic carbocycles. The summed E-state index contributed by atoms with van der Waals surface area (Å²) >= 11 is 0. The van der Waals surface area contributed by atoms with E-state index >= 15 is 4.39 Å². The number of unbranched alkanes of at least 4 members (excludes halogenated alkanes) is 2. The monoisotopic (exact) mass is 1080 g/mol. The zero-order chi connectivity index (χ0) is 55.4. The van der Waals surface area contributed by atoms with E-state index in [1.807, 2.05) is 0 Å². The van der Waals surface area contributed by atoms with Crippen molar-refractivity contribution in [1.29, 1.82) is 0 Å². The van der Waals surface area contributed by atoms with Crippen LogP contribution in [0.1, 0.15) is 116 Å². The van der Waals surface area contributed by atoms with Crippen molar-refractivity contribution in [3.63, 3.8) is 0 Å². The summed E-state index contributed by atoms with van der Waals surface area (Å²) in [6, 6.07) is 9.93. The topological polar surface area (TPSA) is 303 Å². The number of hydrogen-bond donors (Lipinski definition) is 7. The zero-order valence-electron chi connectivity index (χ0n) is 43.4. The fourth-order valence-electron chi connectivity index (χ4n) is 10.8. The smallest absolute Gasteiger partial charge is 0.343 e. The minimum absolute atomic E-state index is 0.0427. The standard InChI is InChI=1S/C55H62FN9O13/c1-3-55(76)35-21-40-49-33(26-65(40)53(74)34(35)27-77-54(55)75)48-37(16-15-32-29(2)36(56)22-38(62-49)47(32)48)63-52(73)50(31-13-14-31)78-28-60-43(68)24-59-51(72)39(20-30-10-6-4-7-11-30)61-44(69)25-58-42(67)23-57-41(66)12-8-5-9-19-64-45(70)17-18-46(64)71/h4,6-7,10-11,21-22,31,37,39,50,76H,3,5,8-9,12-20,23-28H2,1-2H3,(H,57,66)(H,58,67)(H,59,72)(H,60,68)(H,61,69)(H,63,73)/t37-,39-,50?,55-/m0/s1. The number of rotatable bonds is 23. The summed E-state index contributed by atoms with van der Waals surface area (Å²) in [5, 5.41) is 27.9. The van der Waals surface area contributed by atoms with E-state index in [0.717, 1.165) is 5.56 Å². The second-order valence-electron chi connectivity index (χ2n) is 20.4. The minimum atomic E-state index is -2.05. The number of fused-ring (bicyclic) bond motifs is 5. The lowest BCUT2D eigenvalue weighted by Gasteiger charge is -2.31. The molecule has 0 radical (unpaired) electrons. The number of aliphatic hydroxyl groups is 1. The Kier molecular flexibility index (Phi) is 16.4. The SMILES string of the molecule is CC[C@@]1(O)C(=O)OCc2c1cc1n(c2=O)Cc2c-1nc1cc(F)c(C)c3c1c2[C@@H](NC(=O)C(OCNC(=O)CNC(=O)[C@H](Cc1ccccc1)NC(=O)CNC(=O)CNC(=O)CCCCCN1C(=O)CCC1=O)C1CC1)CC3. The van der Waals surface area contributed by atoms with Crippen LogP contribution in [0.15, 0.2) is 47.3 Å². The van der Waals surface area contributed by atoms with Gasteiger partial charge in [-0.25, -0.2) is 14.2 Å². The van der Waals surface area contributed by atoms with Gasteiger partial charge in [-0.05, 0) is 86.1 Å². The first-order chi connectivity index (χ1) is 37.4. The molecule has 5 aliphatic rings. The average molecular weight is 1080 g/mol. The third-order valence-electron chi connectivity index (χ3n) is 15.2. The van der Waals surface area contributed by atoms with Crippen molar-refractivity contribution in [3.8, 4) is 11.4 Å². The van der Waals surface area contributed by atoms with Gasteiger partial charge in [0.05, 0.1) is 54.7 Å². The van der Waals surface area contributed by atoms with Crippen molar-refractivity contribution < 1.29 is 62.1 Å². The maximum Gasteiger partial charge on any atom is 0.343 e. The number of pyridine rings is 2. The fourth-order valence-corrected chi connectivity index (χ4v) is 10.8. The molecule has 7 N–H and O–H groups in total.